The van der Waals surface area contributed by atoms with E-state index in [0.717, 1.165) is 23.5 Å². The van der Waals surface area contributed by atoms with Gasteiger partial charge in [0.1, 0.15) is 13.2 Å². The van der Waals surface area contributed by atoms with Crippen LogP contribution in [0.2, 0.25) is 0 Å². The zero-order valence-electron chi connectivity index (χ0n) is 11.6. The van der Waals surface area contributed by atoms with Gasteiger partial charge in [0.25, 0.3) is 0 Å². The Hall–Kier alpha value is -1.75. The molecule has 1 aliphatic heterocycles. The molecule has 0 aromatic heterocycles. The van der Waals surface area contributed by atoms with Crippen molar-refractivity contribution in [3.8, 4) is 11.5 Å². The number of nitrogens with two attached hydrogens (primary N) is 1. The Kier molecular flexibility index (Phi) is 3.53. The number of carbonyl (C=O) groups is 1. The molecule has 0 spiro atoms. The molecular formula is C15H20N2O3. The van der Waals surface area contributed by atoms with Crippen molar-refractivity contribution in [2.24, 2.45) is 11.7 Å². The van der Waals surface area contributed by atoms with Crippen molar-refractivity contribution in [2.75, 3.05) is 19.8 Å². The Balaban J connectivity index is 1.65. The highest BCUT2D eigenvalue weighted by molar-refractivity contribution is 5.83. The highest BCUT2D eigenvalue weighted by atomic mass is 16.6. The van der Waals surface area contributed by atoms with Gasteiger partial charge in [-0.15, -0.1) is 0 Å². The minimum Gasteiger partial charge on any atom is -0.486 e. The molecule has 5 nitrogen and oxygen atoms in total. The molecule has 1 heterocycles. The standard InChI is InChI=1S/C15H20N2O3/c1-9(8-16)17-15(18)12-7-11(12)10-2-3-13-14(6-10)20-5-4-19-13/h2-3,6,9,11-12H,4-5,7-8,16H2,1H3,(H,17,18)/t9-,11?,12?/m0/s1. The summed E-state index contributed by atoms with van der Waals surface area (Å²) in [6.07, 6.45) is 0.892. The number of ether oxygens (including phenoxy) is 2. The number of amides is 1. The molecule has 0 saturated heterocycles. The fraction of sp³-hybridized carbons (Fsp3) is 0.533. The van der Waals surface area contributed by atoms with Gasteiger partial charge in [-0.1, -0.05) is 6.07 Å². The summed E-state index contributed by atoms with van der Waals surface area (Å²) in [4.78, 5) is 12.0. The fourth-order valence-corrected chi connectivity index (χ4v) is 2.55. The van der Waals surface area contributed by atoms with Crippen molar-refractivity contribution < 1.29 is 14.3 Å². The van der Waals surface area contributed by atoms with Crippen LogP contribution in [0.3, 0.4) is 0 Å². The summed E-state index contributed by atoms with van der Waals surface area (Å²) in [7, 11) is 0. The van der Waals surface area contributed by atoms with Crippen LogP contribution in [0.4, 0.5) is 0 Å². The highest BCUT2D eigenvalue weighted by Crippen LogP contribution is 2.49. The number of fused-ring (bicyclic) bond motifs is 1. The molecule has 3 N–H and O–H groups in total. The lowest BCUT2D eigenvalue weighted by Crippen LogP contribution is -2.38. The van der Waals surface area contributed by atoms with Crippen LogP contribution in [-0.4, -0.2) is 31.7 Å². The molecule has 0 bridgehead atoms. The normalized spacial score (nSPS) is 24.9. The number of hydrogen-bond donors (Lipinski definition) is 2. The van der Waals surface area contributed by atoms with Crippen molar-refractivity contribution >= 4 is 5.91 Å². The van der Waals surface area contributed by atoms with Crippen molar-refractivity contribution in [3.05, 3.63) is 23.8 Å². The first-order valence-corrected chi connectivity index (χ1v) is 7.09. The van der Waals surface area contributed by atoms with Crippen LogP contribution in [-0.2, 0) is 4.79 Å². The Labute approximate surface area is 118 Å². The molecule has 2 aliphatic rings. The molecule has 20 heavy (non-hydrogen) atoms. The number of nitrogens with one attached hydrogen (secondary N) is 1. The maximum atomic E-state index is 12.0. The summed E-state index contributed by atoms with van der Waals surface area (Å²) >= 11 is 0. The molecule has 1 saturated carbocycles. The van der Waals surface area contributed by atoms with Crippen LogP contribution in [0.25, 0.3) is 0 Å². The summed E-state index contributed by atoms with van der Waals surface area (Å²) in [6, 6.07) is 5.99. The second kappa shape index (κ2) is 5.32. The quantitative estimate of drug-likeness (QED) is 0.861. The lowest BCUT2D eigenvalue weighted by atomic mass is 10.1. The van der Waals surface area contributed by atoms with Gasteiger partial charge in [-0.25, -0.2) is 0 Å². The second-order valence-electron chi connectivity index (χ2n) is 5.50. The first-order chi connectivity index (χ1) is 9.69. The summed E-state index contributed by atoms with van der Waals surface area (Å²) in [5.41, 5.74) is 6.67. The maximum Gasteiger partial charge on any atom is 0.224 e. The minimum atomic E-state index is 0.0315. The third-order valence-corrected chi connectivity index (χ3v) is 3.86. The third kappa shape index (κ3) is 2.58. The average Bonchev–Trinajstić information content (AvgIpc) is 3.27. The van der Waals surface area contributed by atoms with Gasteiger partial charge in [-0.05, 0) is 37.0 Å². The number of rotatable bonds is 4. The third-order valence-electron chi connectivity index (χ3n) is 3.86. The molecule has 0 radical (unpaired) electrons. The Morgan fingerprint density at radius 1 is 1.40 bits per heavy atom. The Morgan fingerprint density at radius 3 is 2.90 bits per heavy atom. The van der Waals surface area contributed by atoms with Gasteiger partial charge in [0, 0.05) is 18.5 Å². The number of benzene rings is 1. The van der Waals surface area contributed by atoms with E-state index in [1.165, 1.54) is 0 Å². The first-order valence-electron chi connectivity index (χ1n) is 7.09. The molecule has 2 unspecified atom stereocenters. The van der Waals surface area contributed by atoms with Crippen LogP contribution in [0.5, 0.6) is 11.5 Å². The van der Waals surface area contributed by atoms with Gasteiger partial charge < -0.3 is 20.5 Å². The molecule has 1 aliphatic carbocycles. The van der Waals surface area contributed by atoms with E-state index in [0.29, 0.717) is 19.8 Å². The summed E-state index contributed by atoms with van der Waals surface area (Å²) < 4.78 is 11.1. The Morgan fingerprint density at radius 2 is 2.15 bits per heavy atom. The van der Waals surface area contributed by atoms with Crippen molar-refractivity contribution in [2.45, 2.75) is 25.3 Å². The van der Waals surface area contributed by atoms with E-state index in [1.54, 1.807) is 0 Å². The van der Waals surface area contributed by atoms with Gasteiger partial charge in [0.15, 0.2) is 11.5 Å². The number of carbonyl (C=O) groups excluding carboxylic acids is 1. The van der Waals surface area contributed by atoms with E-state index in [-0.39, 0.29) is 23.8 Å². The fourth-order valence-electron chi connectivity index (χ4n) is 2.55. The average molecular weight is 276 g/mol. The monoisotopic (exact) mass is 276 g/mol. The largest absolute Gasteiger partial charge is 0.486 e. The van der Waals surface area contributed by atoms with Gasteiger partial charge in [0.05, 0.1) is 0 Å². The topological polar surface area (TPSA) is 73.6 Å². The predicted octanol–water partition coefficient (Wildman–Crippen LogP) is 1.02. The maximum absolute atomic E-state index is 12.0. The van der Waals surface area contributed by atoms with Gasteiger partial charge >= 0.3 is 0 Å². The van der Waals surface area contributed by atoms with Crippen molar-refractivity contribution in [1.82, 2.24) is 5.32 Å². The van der Waals surface area contributed by atoms with E-state index < -0.39 is 0 Å². The zero-order valence-corrected chi connectivity index (χ0v) is 11.6. The van der Waals surface area contributed by atoms with E-state index in [1.807, 2.05) is 25.1 Å². The van der Waals surface area contributed by atoms with Crippen LogP contribution >= 0.6 is 0 Å². The lowest BCUT2D eigenvalue weighted by Gasteiger charge is -2.19. The molecule has 1 aromatic carbocycles. The SMILES string of the molecule is C[C@@H](CN)NC(=O)C1CC1c1ccc2c(c1)OCCO2. The summed E-state index contributed by atoms with van der Waals surface area (Å²) in [6.45, 7) is 3.56. The van der Waals surface area contributed by atoms with Crippen molar-refractivity contribution in [1.29, 1.82) is 0 Å². The zero-order chi connectivity index (χ0) is 14.1. The van der Waals surface area contributed by atoms with Crippen LogP contribution in [0.15, 0.2) is 18.2 Å². The minimum absolute atomic E-state index is 0.0315. The van der Waals surface area contributed by atoms with Gasteiger partial charge in [-0.2, -0.15) is 0 Å². The molecule has 3 rings (SSSR count). The molecule has 1 fully saturated rings. The molecule has 3 atom stereocenters. The molecule has 1 aromatic rings. The van der Waals surface area contributed by atoms with Crippen LogP contribution in [0, 0.1) is 5.92 Å². The van der Waals surface area contributed by atoms with Crippen LogP contribution < -0.4 is 20.5 Å². The van der Waals surface area contributed by atoms with Gasteiger partial charge in [0.2, 0.25) is 5.91 Å². The molecule has 1 amide bonds. The van der Waals surface area contributed by atoms with Crippen molar-refractivity contribution in [3.63, 3.8) is 0 Å². The van der Waals surface area contributed by atoms with Gasteiger partial charge in [-0.3, -0.25) is 4.79 Å². The molecule has 108 valence electrons. The van der Waals surface area contributed by atoms with E-state index in [2.05, 4.69) is 5.32 Å². The highest BCUT2D eigenvalue weighted by Gasteiger charge is 2.44. The number of hydrogen-bond acceptors (Lipinski definition) is 4. The second-order valence-corrected chi connectivity index (χ2v) is 5.50. The smallest absolute Gasteiger partial charge is 0.224 e. The summed E-state index contributed by atoms with van der Waals surface area (Å²) in [5.74, 6) is 2.03. The van der Waals surface area contributed by atoms with E-state index in [9.17, 15) is 4.79 Å². The van der Waals surface area contributed by atoms with E-state index in [4.69, 9.17) is 15.2 Å². The predicted molar refractivity (Wildman–Crippen MR) is 74.9 cm³/mol. The van der Waals surface area contributed by atoms with Crippen LogP contribution in [0.1, 0.15) is 24.8 Å². The Bertz CT molecular complexity index is 518. The lowest BCUT2D eigenvalue weighted by molar-refractivity contribution is -0.122. The first kappa shape index (κ1) is 13.2. The van der Waals surface area contributed by atoms with E-state index >= 15 is 0 Å². The summed E-state index contributed by atoms with van der Waals surface area (Å²) in [5, 5.41) is 2.93. The molecule has 5 heteroatoms. The molecular weight excluding hydrogens is 256 g/mol.